The summed E-state index contributed by atoms with van der Waals surface area (Å²) in [6, 6.07) is 23.5. The fraction of sp³-hybridized carbons (Fsp3) is 0.161. The Kier molecular flexibility index (Phi) is 5.42. The van der Waals surface area contributed by atoms with Crippen LogP contribution in [0.1, 0.15) is 30.0 Å². The van der Waals surface area contributed by atoms with Gasteiger partial charge in [0.2, 0.25) is 4.96 Å². The normalized spacial score (nSPS) is 18.0. The minimum Gasteiger partial charge on any atom is -0.490 e. The van der Waals surface area contributed by atoms with Crippen LogP contribution >= 0.6 is 11.3 Å². The highest BCUT2D eigenvalue weighted by Crippen LogP contribution is 2.36. The van der Waals surface area contributed by atoms with Crippen molar-refractivity contribution in [2.45, 2.75) is 25.6 Å². The van der Waals surface area contributed by atoms with Crippen molar-refractivity contribution in [3.05, 3.63) is 111 Å². The Balaban J connectivity index is 1.19. The highest BCUT2D eigenvalue weighted by atomic mass is 32.1. The molecule has 9 nitrogen and oxygen atoms in total. The number of benzene rings is 3. The Morgan fingerprint density at radius 2 is 1.78 bits per heavy atom. The van der Waals surface area contributed by atoms with Crippen LogP contribution in [0.4, 0.5) is 0 Å². The van der Waals surface area contributed by atoms with Crippen molar-refractivity contribution in [1.29, 1.82) is 0 Å². The van der Waals surface area contributed by atoms with E-state index in [9.17, 15) is 4.79 Å². The fourth-order valence-corrected chi connectivity index (χ4v) is 6.18. The minimum atomic E-state index is -0.494. The number of hydrogen-bond donors (Lipinski definition) is 0. The Bertz CT molecular complexity index is 2050. The first-order valence-corrected chi connectivity index (χ1v) is 14.2. The molecule has 2 unspecified atom stereocenters. The number of aromatic nitrogens is 5. The highest BCUT2D eigenvalue weighted by Gasteiger charge is 2.27. The maximum atomic E-state index is 13.5. The van der Waals surface area contributed by atoms with Gasteiger partial charge in [-0.15, -0.1) is 5.10 Å². The van der Waals surface area contributed by atoms with E-state index >= 15 is 0 Å². The molecule has 0 spiro atoms. The molecule has 5 heterocycles. The number of thiazole rings is 1. The molecule has 0 aliphatic carbocycles. The molecule has 41 heavy (non-hydrogen) atoms. The number of nitrogens with zero attached hydrogens (tertiary/aromatic N) is 5. The lowest BCUT2D eigenvalue weighted by Gasteiger charge is -2.24. The van der Waals surface area contributed by atoms with E-state index in [-0.39, 0.29) is 18.3 Å². The molecule has 0 bridgehead atoms. The van der Waals surface area contributed by atoms with Crippen molar-refractivity contribution in [1.82, 2.24) is 24.4 Å². The highest BCUT2D eigenvalue weighted by molar-refractivity contribution is 7.15. The van der Waals surface area contributed by atoms with Crippen LogP contribution in [0, 0.1) is 0 Å². The second-order valence-corrected chi connectivity index (χ2v) is 11.1. The van der Waals surface area contributed by atoms with Gasteiger partial charge < -0.3 is 14.2 Å². The molecule has 2 atom stereocenters. The average molecular weight is 562 g/mol. The van der Waals surface area contributed by atoms with Gasteiger partial charge in [-0.05, 0) is 61.0 Å². The monoisotopic (exact) mass is 561 g/mol. The second kappa shape index (κ2) is 9.31. The lowest BCUT2D eigenvalue weighted by molar-refractivity contribution is 0.0852. The van der Waals surface area contributed by atoms with Gasteiger partial charge in [-0.25, -0.2) is 4.68 Å². The van der Waals surface area contributed by atoms with Gasteiger partial charge >= 0.3 is 0 Å². The van der Waals surface area contributed by atoms with Crippen molar-refractivity contribution in [3.8, 4) is 34.2 Å². The van der Waals surface area contributed by atoms with Gasteiger partial charge in [0.15, 0.2) is 23.4 Å². The van der Waals surface area contributed by atoms with Crippen LogP contribution in [0.3, 0.4) is 0 Å². The molecule has 6 aromatic rings. The zero-order valence-corrected chi connectivity index (χ0v) is 22.7. The predicted molar refractivity (Wildman–Crippen MR) is 154 cm³/mol. The first-order chi connectivity index (χ1) is 20.1. The number of fused-ring (bicyclic) bond motifs is 3. The summed E-state index contributed by atoms with van der Waals surface area (Å²) in [5.74, 6) is 2.65. The quantitative estimate of drug-likeness (QED) is 0.315. The van der Waals surface area contributed by atoms with E-state index in [0.29, 0.717) is 26.8 Å². The van der Waals surface area contributed by atoms with Gasteiger partial charge in [-0.2, -0.15) is 14.6 Å². The van der Waals surface area contributed by atoms with E-state index in [1.807, 2.05) is 83.7 Å². The second-order valence-electron chi connectivity index (χ2n) is 10.1. The molecule has 0 radical (unpaired) electrons. The number of hydrogen-bond acceptors (Lipinski definition) is 8. The van der Waals surface area contributed by atoms with Crippen LogP contribution in [0.2, 0.25) is 0 Å². The molecule has 0 amide bonds. The summed E-state index contributed by atoms with van der Waals surface area (Å²) >= 11 is 1.29. The van der Waals surface area contributed by atoms with Crippen molar-refractivity contribution >= 4 is 22.4 Å². The van der Waals surface area contributed by atoms with E-state index in [2.05, 4.69) is 23.1 Å². The first-order valence-electron chi connectivity index (χ1n) is 13.3. The predicted octanol–water partition coefficient (Wildman–Crippen LogP) is 4.39. The average Bonchev–Trinajstić information content (AvgIpc) is 3.77. The Hall–Kier alpha value is -4.96. The SMILES string of the molecule is CC1Cc2cc(-c3nn(-c4ccccc4)cc3C=c3sc4nc(C5COc6ccccc6O5)nn4c3=O)ccc2O1. The zero-order chi connectivity index (χ0) is 27.5. The summed E-state index contributed by atoms with van der Waals surface area (Å²) < 4.78 is 21.5. The number of rotatable bonds is 4. The van der Waals surface area contributed by atoms with Gasteiger partial charge in [0.1, 0.15) is 24.2 Å². The summed E-state index contributed by atoms with van der Waals surface area (Å²) in [5, 5.41) is 9.43. The summed E-state index contributed by atoms with van der Waals surface area (Å²) in [5.41, 5.74) is 4.41. The molecule has 3 aromatic heterocycles. The zero-order valence-electron chi connectivity index (χ0n) is 21.9. The maximum absolute atomic E-state index is 13.5. The molecule has 0 fully saturated rings. The molecule has 2 aliphatic heterocycles. The van der Waals surface area contributed by atoms with E-state index in [1.165, 1.54) is 15.9 Å². The smallest absolute Gasteiger partial charge is 0.291 e. The van der Waals surface area contributed by atoms with Crippen LogP contribution < -0.4 is 24.3 Å². The van der Waals surface area contributed by atoms with E-state index < -0.39 is 6.10 Å². The summed E-state index contributed by atoms with van der Waals surface area (Å²) in [6.07, 6.45) is 4.32. The molecular formula is C31H23N5O4S. The van der Waals surface area contributed by atoms with Gasteiger partial charge in [0.05, 0.1) is 10.2 Å². The third-order valence-corrected chi connectivity index (χ3v) is 8.17. The third-order valence-electron chi connectivity index (χ3n) is 7.21. The topological polar surface area (TPSA) is 92.8 Å². The summed E-state index contributed by atoms with van der Waals surface area (Å²) in [7, 11) is 0. The Morgan fingerprint density at radius 3 is 2.63 bits per heavy atom. The minimum absolute atomic E-state index is 0.149. The van der Waals surface area contributed by atoms with E-state index in [1.54, 1.807) is 0 Å². The van der Waals surface area contributed by atoms with Crippen LogP contribution in [0.15, 0.2) is 83.8 Å². The molecule has 0 N–H and O–H groups in total. The Labute approximate surface area is 237 Å². The largest absolute Gasteiger partial charge is 0.490 e. The molecule has 0 saturated heterocycles. The van der Waals surface area contributed by atoms with Crippen molar-refractivity contribution < 1.29 is 14.2 Å². The fourth-order valence-electron chi connectivity index (χ4n) is 5.27. The van der Waals surface area contributed by atoms with Crippen molar-refractivity contribution in [2.75, 3.05) is 6.61 Å². The molecule has 8 rings (SSSR count). The Morgan fingerprint density at radius 1 is 0.951 bits per heavy atom. The lowest BCUT2D eigenvalue weighted by Crippen LogP contribution is -2.26. The molecule has 2 aliphatic rings. The maximum Gasteiger partial charge on any atom is 0.291 e. The molecule has 3 aromatic carbocycles. The van der Waals surface area contributed by atoms with Crippen molar-refractivity contribution in [3.63, 3.8) is 0 Å². The van der Waals surface area contributed by atoms with E-state index in [4.69, 9.17) is 19.3 Å². The molecule has 0 saturated carbocycles. The third kappa shape index (κ3) is 4.15. The van der Waals surface area contributed by atoms with Crippen LogP contribution in [-0.2, 0) is 6.42 Å². The summed E-state index contributed by atoms with van der Waals surface area (Å²) in [4.78, 5) is 18.6. The van der Waals surface area contributed by atoms with Gasteiger partial charge in [0, 0.05) is 23.7 Å². The van der Waals surface area contributed by atoms with Gasteiger partial charge in [0.25, 0.3) is 5.56 Å². The van der Waals surface area contributed by atoms with Gasteiger partial charge in [-0.1, -0.05) is 41.7 Å². The number of ether oxygens (including phenoxy) is 3. The number of para-hydroxylation sites is 3. The first kappa shape index (κ1) is 23.9. The lowest BCUT2D eigenvalue weighted by atomic mass is 10.0. The summed E-state index contributed by atoms with van der Waals surface area (Å²) in [6.45, 7) is 2.34. The van der Waals surface area contributed by atoms with Crippen molar-refractivity contribution in [2.24, 2.45) is 0 Å². The van der Waals surface area contributed by atoms with Crippen LogP contribution in [0.5, 0.6) is 17.2 Å². The van der Waals surface area contributed by atoms with Crippen LogP contribution in [-0.4, -0.2) is 37.1 Å². The molecule has 10 heteroatoms. The van der Waals surface area contributed by atoms with Crippen LogP contribution in [0.25, 0.3) is 28.0 Å². The molecule has 202 valence electrons. The van der Waals surface area contributed by atoms with Gasteiger partial charge in [-0.3, -0.25) is 4.79 Å². The standard InChI is InChI=1S/C31H23N5O4S/c1-18-13-20-14-19(11-12-23(20)39-18)28-21(16-35(33-28)22-7-3-2-4-8-22)15-27-30(37)36-31(41-27)32-29(34-36)26-17-38-24-9-5-6-10-25(24)40-26/h2-12,14-16,18,26H,13,17H2,1H3. The van der Waals surface area contributed by atoms with E-state index in [0.717, 1.165) is 40.2 Å². The molecular weight excluding hydrogens is 538 g/mol.